The summed E-state index contributed by atoms with van der Waals surface area (Å²) in [5.41, 5.74) is 2.98. The first-order chi connectivity index (χ1) is 11.9. The van der Waals surface area contributed by atoms with E-state index in [1.807, 2.05) is 38.1 Å². The lowest BCUT2D eigenvalue weighted by atomic mass is 10.1. The van der Waals surface area contributed by atoms with Crippen LogP contribution < -0.4 is 10.9 Å². The largest absolute Gasteiger partial charge is 0.348 e. The van der Waals surface area contributed by atoms with Crippen molar-refractivity contribution in [1.29, 1.82) is 0 Å². The lowest BCUT2D eigenvalue weighted by molar-refractivity contribution is -0.122. The highest BCUT2D eigenvalue weighted by atomic mass is 16.2. The molecule has 0 aliphatic carbocycles. The monoisotopic (exact) mass is 339 g/mol. The van der Waals surface area contributed by atoms with Crippen molar-refractivity contribution in [3.63, 3.8) is 0 Å². The highest BCUT2D eigenvalue weighted by Gasteiger charge is 2.15. The Kier molecular flexibility index (Phi) is 4.39. The van der Waals surface area contributed by atoms with E-state index < -0.39 is 0 Å². The molecule has 0 saturated heterocycles. The molecule has 7 nitrogen and oxygen atoms in total. The normalized spacial score (nSPS) is 12.3. The first kappa shape index (κ1) is 16.9. The van der Waals surface area contributed by atoms with Crippen LogP contribution in [0.15, 0.2) is 35.3 Å². The summed E-state index contributed by atoms with van der Waals surface area (Å²) in [5.74, 6) is -0.261. The van der Waals surface area contributed by atoms with Crippen molar-refractivity contribution in [2.75, 3.05) is 0 Å². The number of hydrogen-bond donors (Lipinski definition) is 1. The van der Waals surface area contributed by atoms with Crippen LogP contribution in [-0.2, 0) is 18.4 Å². The van der Waals surface area contributed by atoms with E-state index in [2.05, 4.69) is 15.5 Å². The summed E-state index contributed by atoms with van der Waals surface area (Å²) in [4.78, 5) is 24.9. The summed E-state index contributed by atoms with van der Waals surface area (Å²) in [5, 5.41) is 11.9. The van der Waals surface area contributed by atoms with E-state index in [9.17, 15) is 9.59 Å². The van der Waals surface area contributed by atoms with Gasteiger partial charge in [-0.05, 0) is 26.3 Å². The molecule has 0 radical (unpaired) electrons. The van der Waals surface area contributed by atoms with E-state index in [1.165, 1.54) is 9.36 Å². The number of fused-ring (bicyclic) bond motifs is 1. The van der Waals surface area contributed by atoms with Gasteiger partial charge in [0.05, 0.1) is 17.9 Å². The molecule has 2 heterocycles. The number of hydrogen-bond acceptors (Lipinski definition) is 4. The van der Waals surface area contributed by atoms with Crippen molar-refractivity contribution in [2.45, 2.75) is 33.4 Å². The lowest BCUT2D eigenvalue weighted by Crippen LogP contribution is -2.35. The van der Waals surface area contributed by atoms with Crippen molar-refractivity contribution in [1.82, 2.24) is 24.9 Å². The van der Waals surface area contributed by atoms with Gasteiger partial charge in [0.15, 0.2) is 0 Å². The van der Waals surface area contributed by atoms with Crippen molar-refractivity contribution in [2.24, 2.45) is 7.05 Å². The van der Waals surface area contributed by atoms with Crippen LogP contribution in [0.5, 0.6) is 0 Å². The number of benzene rings is 1. The van der Waals surface area contributed by atoms with E-state index >= 15 is 0 Å². The average molecular weight is 339 g/mol. The predicted molar refractivity (Wildman–Crippen MR) is 95.2 cm³/mol. The SMILES string of the molecule is Cc1ccc([C@H](C)NC(=O)Cn2nc(C)c3cnn(C)c3c2=O)cc1. The third-order valence-electron chi connectivity index (χ3n) is 4.28. The van der Waals surface area contributed by atoms with Gasteiger partial charge < -0.3 is 5.32 Å². The Balaban J connectivity index is 1.80. The van der Waals surface area contributed by atoms with Gasteiger partial charge in [-0.1, -0.05) is 29.8 Å². The Labute approximate surface area is 145 Å². The second-order valence-corrected chi connectivity index (χ2v) is 6.28. The number of carbonyl (C=O) groups is 1. The average Bonchev–Trinajstić information content (AvgIpc) is 2.95. The molecule has 0 spiro atoms. The summed E-state index contributed by atoms with van der Waals surface area (Å²) in [6.07, 6.45) is 1.61. The van der Waals surface area contributed by atoms with E-state index in [0.29, 0.717) is 16.6 Å². The highest BCUT2D eigenvalue weighted by Crippen LogP contribution is 2.13. The van der Waals surface area contributed by atoms with E-state index in [4.69, 9.17) is 0 Å². The van der Waals surface area contributed by atoms with Crippen LogP contribution in [-0.4, -0.2) is 25.5 Å². The van der Waals surface area contributed by atoms with Gasteiger partial charge in [0, 0.05) is 12.4 Å². The van der Waals surface area contributed by atoms with Crippen molar-refractivity contribution in [3.05, 3.63) is 57.6 Å². The fourth-order valence-electron chi connectivity index (χ4n) is 2.83. The molecule has 3 aromatic rings. The maximum absolute atomic E-state index is 12.6. The Morgan fingerprint density at radius 2 is 1.92 bits per heavy atom. The van der Waals surface area contributed by atoms with Gasteiger partial charge in [-0.3, -0.25) is 14.3 Å². The zero-order valence-electron chi connectivity index (χ0n) is 14.8. The van der Waals surface area contributed by atoms with E-state index in [1.54, 1.807) is 20.2 Å². The maximum Gasteiger partial charge on any atom is 0.293 e. The van der Waals surface area contributed by atoms with Gasteiger partial charge in [0.25, 0.3) is 5.56 Å². The van der Waals surface area contributed by atoms with Gasteiger partial charge in [0.2, 0.25) is 5.91 Å². The van der Waals surface area contributed by atoms with Crippen molar-refractivity contribution < 1.29 is 4.79 Å². The van der Waals surface area contributed by atoms with Gasteiger partial charge >= 0.3 is 0 Å². The molecular formula is C18H21N5O2. The van der Waals surface area contributed by atoms with Crippen LogP contribution in [0.25, 0.3) is 10.9 Å². The fraction of sp³-hybridized carbons (Fsp3) is 0.333. The summed E-state index contributed by atoms with van der Waals surface area (Å²) in [6.45, 7) is 5.60. The van der Waals surface area contributed by atoms with Crippen LogP contribution in [0.4, 0.5) is 0 Å². The number of carbonyl (C=O) groups excluding carboxylic acids is 1. The van der Waals surface area contributed by atoms with Crippen molar-refractivity contribution in [3.8, 4) is 0 Å². The molecule has 7 heteroatoms. The number of nitrogens with one attached hydrogen (secondary N) is 1. The van der Waals surface area contributed by atoms with Gasteiger partial charge in [0.1, 0.15) is 12.1 Å². The van der Waals surface area contributed by atoms with Crippen LogP contribution >= 0.6 is 0 Å². The number of amides is 1. The molecule has 130 valence electrons. The molecule has 0 unspecified atom stereocenters. The summed E-state index contributed by atoms with van der Waals surface area (Å²) >= 11 is 0. The number of rotatable bonds is 4. The molecule has 0 saturated carbocycles. The van der Waals surface area contributed by atoms with Gasteiger partial charge in [-0.25, -0.2) is 4.68 Å². The van der Waals surface area contributed by atoms with Crippen LogP contribution in [0.2, 0.25) is 0 Å². The topological polar surface area (TPSA) is 81.8 Å². The Morgan fingerprint density at radius 1 is 1.24 bits per heavy atom. The third kappa shape index (κ3) is 3.31. The van der Waals surface area contributed by atoms with Crippen LogP contribution in [0.1, 0.15) is 29.8 Å². The molecule has 25 heavy (non-hydrogen) atoms. The zero-order valence-corrected chi connectivity index (χ0v) is 14.8. The smallest absolute Gasteiger partial charge is 0.293 e. The minimum absolute atomic E-state index is 0.128. The van der Waals surface area contributed by atoms with Gasteiger partial charge in [-0.2, -0.15) is 10.2 Å². The number of nitrogens with zero attached hydrogens (tertiary/aromatic N) is 4. The minimum Gasteiger partial charge on any atom is -0.348 e. The molecular weight excluding hydrogens is 318 g/mol. The molecule has 0 aliphatic rings. The first-order valence-corrected chi connectivity index (χ1v) is 8.12. The predicted octanol–water partition coefficient (Wildman–Crippen LogP) is 1.62. The van der Waals surface area contributed by atoms with Gasteiger partial charge in [-0.15, -0.1) is 0 Å². The van der Waals surface area contributed by atoms with E-state index in [0.717, 1.165) is 11.1 Å². The first-order valence-electron chi connectivity index (χ1n) is 8.12. The summed E-state index contributed by atoms with van der Waals surface area (Å²) < 4.78 is 2.70. The number of aromatic nitrogens is 4. The fourth-order valence-corrected chi connectivity index (χ4v) is 2.83. The Morgan fingerprint density at radius 3 is 2.60 bits per heavy atom. The summed E-state index contributed by atoms with van der Waals surface area (Å²) in [7, 11) is 1.70. The lowest BCUT2D eigenvalue weighted by Gasteiger charge is -2.15. The van der Waals surface area contributed by atoms with Crippen molar-refractivity contribution >= 4 is 16.8 Å². The molecule has 0 fully saturated rings. The molecule has 2 aromatic heterocycles. The second-order valence-electron chi connectivity index (χ2n) is 6.28. The number of aryl methyl sites for hydroxylation is 3. The Hall–Kier alpha value is -2.96. The second kappa shape index (κ2) is 6.51. The van der Waals surface area contributed by atoms with E-state index in [-0.39, 0.29) is 24.1 Å². The minimum atomic E-state index is -0.321. The molecule has 0 aliphatic heterocycles. The zero-order chi connectivity index (χ0) is 18.1. The molecule has 3 rings (SSSR count). The molecule has 1 atom stereocenters. The quantitative estimate of drug-likeness (QED) is 0.783. The summed E-state index contributed by atoms with van der Waals surface area (Å²) in [6, 6.07) is 7.82. The highest BCUT2D eigenvalue weighted by molar-refractivity contribution is 5.80. The third-order valence-corrected chi connectivity index (χ3v) is 4.28. The van der Waals surface area contributed by atoms with Crippen LogP contribution in [0.3, 0.4) is 0 Å². The molecule has 1 amide bonds. The molecule has 1 N–H and O–H groups in total. The molecule has 0 bridgehead atoms. The maximum atomic E-state index is 12.6. The van der Waals surface area contributed by atoms with Crippen LogP contribution in [0, 0.1) is 13.8 Å². The Bertz CT molecular complexity index is 985. The molecule has 1 aromatic carbocycles. The standard InChI is InChI=1S/C18H21N5O2/c1-11-5-7-14(8-6-11)12(2)20-16(24)10-23-18(25)17-15(13(3)21-23)9-19-22(17)4/h5-9,12H,10H2,1-4H3,(H,20,24)/t12-/m0/s1.